The van der Waals surface area contributed by atoms with Crippen LogP contribution in [0.4, 0.5) is 0 Å². The Morgan fingerprint density at radius 3 is 2.59 bits per heavy atom. The zero-order valence-corrected chi connectivity index (χ0v) is 12.0. The van der Waals surface area contributed by atoms with Crippen LogP contribution in [0.5, 0.6) is 0 Å². The molecule has 3 unspecified atom stereocenters. The van der Waals surface area contributed by atoms with E-state index in [1.165, 1.54) is 0 Å². The molecule has 0 aliphatic heterocycles. The maximum atomic E-state index is 12.2. The number of aryl methyl sites for hydroxylation is 1. The third-order valence-electron chi connectivity index (χ3n) is 3.74. The molecule has 1 heterocycles. The van der Waals surface area contributed by atoms with Gasteiger partial charge in [-0.25, -0.2) is 4.98 Å². The molecule has 22 heavy (non-hydrogen) atoms. The molecular weight excluding hydrogens is 284 g/mol. The first-order valence-corrected chi connectivity index (χ1v) is 7.03. The van der Waals surface area contributed by atoms with Crippen LogP contribution in [0.2, 0.25) is 0 Å². The highest BCUT2D eigenvalue weighted by atomic mass is 16.4. The second kappa shape index (κ2) is 5.59. The van der Waals surface area contributed by atoms with Crippen LogP contribution in [-0.4, -0.2) is 32.2 Å². The third kappa shape index (κ3) is 2.83. The number of aliphatic carboxylic acids is 1. The first-order valence-electron chi connectivity index (χ1n) is 7.03. The Balaban J connectivity index is 1.81. The van der Waals surface area contributed by atoms with Gasteiger partial charge in [0.2, 0.25) is 5.91 Å². The molecule has 114 valence electrons. The summed E-state index contributed by atoms with van der Waals surface area (Å²) in [5.74, 6) is -1.13. The van der Waals surface area contributed by atoms with Crippen molar-refractivity contribution in [1.29, 1.82) is 0 Å². The maximum Gasteiger partial charge on any atom is 0.307 e. The molecule has 7 nitrogen and oxygen atoms in total. The maximum absolute atomic E-state index is 12.2. The molecule has 1 aliphatic carbocycles. The van der Waals surface area contributed by atoms with Crippen molar-refractivity contribution in [3.8, 4) is 0 Å². The second-order valence-corrected chi connectivity index (χ2v) is 5.42. The molecule has 0 radical (unpaired) electrons. The molecule has 7 heteroatoms. The van der Waals surface area contributed by atoms with Crippen molar-refractivity contribution < 1.29 is 14.7 Å². The summed E-state index contributed by atoms with van der Waals surface area (Å²) in [4.78, 5) is 27.4. The van der Waals surface area contributed by atoms with Crippen LogP contribution in [-0.2, 0) is 9.59 Å². The van der Waals surface area contributed by atoms with E-state index in [2.05, 4.69) is 20.5 Å². The number of benzene rings is 1. The Bertz CT molecular complexity index is 698. The highest BCUT2D eigenvalue weighted by Gasteiger charge is 2.48. The van der Waals surface area contributed by atoms with Gasteiger partial charge in [-0.2, -0.15) is 5.10 Å². The Labute approximate surface area is 126 Å². The molecule has 3 atom stereocenters. The van der Waals surface area contributed by atoms with Crippen molar-refractivity contribution >= 4 is 11.9 Å². The molecular formula is C15H16N4O3. The summed E-state index contributed by atoms with van der Waals surface area (Å²) in [7, 11) is 0. The zero-order chi connectivity index (χ0) is 15.7. The fourth-order valence-corrected chi connectivity index (χ4v) is 2.44. The van der Waals surface area contributed by atoms with E-state index in [4.69, 9.17) is 5.11 Å². The minimum absolute atomic E-state index is 0.274. The lowest BCUT2D eigenvalue weighted by molar-refractivity contribution is -0.140. The molecule has 2 aromatic rings. The molecule has 1 fully saturated rings. The number of carbonyl (C=O) groups is 2. The Morgan fingerprint density at radius 1 is 1.32 bits per heavy atom. The Morgan fingerprint density at radius 2 is 2.05 bits per heavy atom. The number of carboxylic acids is 1. The van der Waals surface area contributed by atoms with Gasteiger partial charge in [-0.05, 0) is 18.9 Å². The van der Waals surface area contributed by atoms with Crippen LogP contribution in [0.25, 0.3) is 0 Å². The van der Waals surface area contributed by atoms with Crippen LogP contribution in [0, 0.1) is 18.8 Å². The van der Waals surface area contributed by atoms with Crippen LogP contribution in [0.3, 0.4) is 0 Å². The molecule has 3 N–H and O–H groups in total. The zero-order valence-electron chi connectivity index (χ0n) is 12.0. The largest absolute Gasteiger partial charge is 0.481 e. The van der Waals surface area contributed by atoms with Crippen molar-refractivity contribution in [2.75, 3.05) is 0 Å². The van der Waals surface area contributed by atoms with E-state index in [9.17, 15) is 9.59 Å². The van der Waals surface area contributed by atoms with Gasteiger partial charge in [0, 0.05) is 0 Å². The summed E-state index contributed by atoms with van der Waals surface area (Å²) in [5, 5.41) is 18.7. The van der Waals surface area contributed by atoms with E-state index in [0.29, 0.717) is 18.1 Å². The number of hydrogen-bond acceptors (Lipinski definition) is 4. The third-order valence-corrected chi connectivity index (χ3v) is 3.74. The first-order chi connectivity index (χ1) is 10.6. The van der Waals surface area contributed by atoms with Gasteiger partial charge in [-0.15, -0.1) is 0 Å². The number of amides is 1. The molecule has 1 aromatic heterocycles. The summed E-state index contributed by atoms with van der Waals surface area (Å²) in [5.41, 5.74) is 0.849. The number of carbonyl (C=O) groups excluding carboxylic acids is 1. The van der Waals surface area contributed by atoms with Gasteiger partial charge in [0.15, 0.2) is 5.82 Å². The summed E-state index contributed by atoms with van der Waals surface area (Å²) < 4.78 is 0. The van der Waals surface area contributed by atoms with E-state index < -0.39 is 23.8 Å². The predicted octanol–water partition coefficient (Wildman–Crippen LogP) is 1.04. The summed E-state index contributed by atoms with van der Waals surface area (Å²) in [6, 6.07) is 8.87. The molecule has 3 rings (SSSR count). The Hall–Kier alpha value is -2.70. The van der Waals surface area contributed by atoms with Gasteiger partial charge < -0.3 is 10.4 Å². The van der Waals surface area contributed by atoms with Crippen LogP contribution < -0.4 is 5.32 Å². The van der Waals surface area contributed by atoms with Crippen molar-refractivity contribution in [1.82, 2.24) is 20.5 Å². The fraction of sp³-hybridized carbons (Fsp3) is 0.333. The SMILES string of the molecule is Cc1nc(C(NC(=O)C2CC2C(=O)O)c2ccccc2)n[nH]1. The molecule has 1 aromatic carbocycles. The minimum atomic E-state index is -0.926. The first kappa shape index (κ1) is 14.2. The summed E-state index contributed by atoms with van der Waals surface area (Å²) in [6.45, 7) is 1.78. The van der Waals surface area contributed by atoms with Crippen molar-refractivity contribution in [2.45, 2.75) is 19.4 Å². The topological polar surface area (TPSA) is 108 Å². The lowest BCUT2D eigenvalue weighted by Gasteiger charge is -2.16. The molecule has 0 bridgehead atoms. The number of aromatic nitrogens is 3. The van der Waals surface area contributed by atoms with Crippen molar-refractivity contribution in [3.05, 3.63) is 47.5 Å². The lowest BCUT2D eigenvalue weighted by atomic mass is 10.1. The van der Waals surface area contributed by atoms with E-state index >= 15 is 0 Å². The fourth-order valence-electron chi connectivity index (χ4n) is 2.44. The number of rotatable bonds is 5. The minimum Gasteiger partial charge on any atom is -0.481 e. The van der Waals surface area contributed by atoms with Gasteiger partial charge >= 0.3 is 5.97 Å². The Kier molecular flexibility index (Phi) is 3.62. The van der Waals surface area contributed by atoms with Crippen molar-refractivity contribution in [3.63, 3.8) is 0 Å². The molecule has 1 aliphatic rings. The van der Waals surface area contributed by atoms with E-state index in [0.717, 1.165) is 5.56 Å². The van der Waals surface area contributed by atoms with Crippen LogP contribution in [0.1, 0.15) is 29.7 Å². The number of hydrogen-bond donors (Lipinski definition) is 3. The van der Waals surface area contributed by atoms with Gasteiger partial charge in [0.25, 0.3) is 0 Å². The quantitative estimate of drug-likeness (QED) is 0.764. The summed E-state index contributed by atoms with van der Waals surface area (Å²) >= 11 is 0. The van der Waals surface area contributed by atoms with Gasteiger partial charge in [0.05, 0.1) is 11.8 Å². The van der Waals surface area contributed by atoms with Gasteiger partial charge in [-0.3, -0.25) is 14.7 Å². The van der Waals surface area contributed by atoms with Gasteiger partial charge in [-0.1, -0.05) is 30.3 Å². The van der Waals surface area contributed by atoms with Crippen LogP contribution >= 0.6 is 0 Å². The van der Waals surface area contributed by atoms with Gasteiger partial charge in [0.1, 0.15) is 11.9 Å². The average molecular weight is 300 g/mol. The smallest absolute Gasteiger partial charge is 0.307 e. The number of nitrogens with zero attached hydrogens (tertiary/aromatic N) is 2. The normalized spacial score (nSPS) is 21.1. The molecule has 1 saturated carbocycles. The number of aromatic amines is 1. The molecule has 1 amide bonds. The van der Waals surface area contributed by atoms with Crippen molar-refractivity contribution in [2.24, 2.45) is 11.8 Å². The standard InChI is InChI=1S/C15H16N4O3/c1-8-16-13(19-18-8)12(9-5-3-2-4-6-9)17-14(20)10-7-11(10)15(21)22/h2-6,10-12H,7H2,1H3,(H,17,20)(H,21,22)(H,16,18,19). The highest BCUT2D eigenvalue weighted by Crippen LogP contribution is 2.39. The van der Waals surface area contributed by atoms with E-state index in [1.807, 2.05) is 30.3 Å². The molecule has 0 saturated heterocycles. The number of nitrogens with one attached hydrogen (secondary N) is 2. The number of carboxylic acid groups (broad SMARTS) is 1. The van der Waals surface area contributed by atoms with E-state index in [1.54, 1.807) is 6.92 Å². The summed E-state index contributed by atoms with van der Waals surface area (Å²) in [6.07, 6.45) is 0.385. The van der Waals surface area contributed by atoms with Crippen LogP contribution in [0.15, 0.2) is 30.3 Å². The van der Waals surface area contributed by atoms with E-state index in [-0.39, 0.29) is 5.91 Å². The second-order valence-electron chi connectivity index (χ2n) is 5.42. The molecule has 0 spiro atoms. The lowest BCUT2D eigenvalue weighted by Crippen LogP contribution is -2.32. The number of H-pyrrole nitrogens is 1. The predicted molar refractivity (Wildman–Crippen MR) is 76.8 cm³/mol. The highest BCUT2D eigenvalue weighted by molar-refractivity contribution is 5.89. The average Bonchev–Trinajstić information content (AvgIpc) is 3.21. The monoisotopic (exact) mass is 300 g/mol.